The van der Waals surface area contributed by atoms with E-state index in [2.05, 4.69) is 9.97 Å². The Hall–Kier alpha value is -2.73. The van der Waals surface area contributed by atoms with Crippen LogP contribution in [0.1, 0.15) is 53.2 Å². The summed E-state index contributed by atoms with van der Waals surface area (Å²) in [5, 5.41) is -0.0498. The van der Waals surface area contributed by atoms with Crippen LogP contribution in [0.15, 0.2) is 4.79 Å². The number of rotatable bonds is 8. The summed E-state index contributed by atoms with van der Waals surface area (Å²) < 4.78 is 34.3. The molecule has 0 amide bonds. The molecule has 0 aliphatic carbocycles. The molecule has 1 aliphatic heterocycles. The summed E-state index contributed by atoms with van der Waals surface area (Å²) in [6, 6.07) is 0. The van der Waals surface area contributed by atoms with Gasteiger partial charge in [0.1, 0.15) is 17.7 Å². The van der Waals surface area contributed by atoms with Crippen molar-refractivity contribution in [2.24, 2.45) is 0 Å². The second-order valence-electron chi connectivity index (χ2n) is 7.77. The predicted octanol–water partition coefficient (Wildman–Crippen LogP) is 2.14. The van der Waals surface area contributed by atoms with Crippen molar-refractivity contribution in [2.75, 3.05) is 5.73 Å². The second kappa shape index (κ2) is 10.0. The number of aryl methyl sites for hydroxylation is 1. The van der Waals surface area contributed by atoms with Gasteiger partial charge in [-0.2, -0.15) is 9.97 Å². The summed E-state index contributed by atoms with van der Waals surface area (Å²) in [6.45, 7) is 6.25. The average molecular weight is 488 g/mol. The summed E-state index contributed by atoms with van der Waals surface area (Å²) in [5.41, 5.74) is 5.38. The Kier molecular flexibility index (Phi) is 7.58. The van der Waals surface area contributed by atoms with Crippen LogP contribution in [0, 0.1) is 0 Å². The van der Waals surface area contributed by atoms with Gasteiger partial charge in [-0.1, -0.05) is 31.9 Å². The van der Waals surface area contributed by atoms with Crippen LogP contribution >= 0.6 is 11.6 Å². The van der Waals surface area contributed by atoms with Crippen molar-refractivity contribution in [1.29, 1.82) is 0 Å². The molecule has 2 N–H and O–H groups in total. The van der Waals surface area contributed by atoms with Gasteiger partial charge in [-0.15, -0.1) is 0 Å². The maximum Gasteiger partial charge on any atom is 0.332 e. The van der Waals surface area contributed by atoms with E-state index in [0.29, 0.717) is 13.0 Å². The molecule has 3 heterocycles. The van der Waals surface area contributed by atoms with Crippen molar-refractivity contribution in [1.82, 2.24) is 19.1 Å². The van der Waals surface area contributed by atoms with Crippen molar-refractivity contribution in [3.05, 3.63) is 15.6 Å². The lowest BCUT2D eigenvalue weighted by atomic mass is 10.0. The largest absolute Gasteiger partial charge is 0.460 e. The number of nitrogens with two attached hydrogens (primary N) is 1. The first-order valence-electron chi connectivity index (χ1n) is 10.7. The number of hydrogen-bond acceptors (Lipinski definition) is 9. The molecular formula is C20H27ClFN5O6. The zero-order valence-corrected chi connectivity index (χ0v) is 19.5. The van der Waals surface area contributed by atoms with Crippen LogP contribution in [0.4, 0.5) is 10.3 Å². The van der Waals surface area contributed by atoms with Gasteiger partial charge < -0.3 is 19.9 Å². The third-order valence-electron chi connectivity index (χ3n) is 5.36. The third-order valence-corrected chi connectivity index (χ3v) is 5.62. The molecule has 1 unspecified atom stereocenters. The number of alkyl halides is 1. The van der Waals surface area contributed by atoms with E-state index >= 15 is 4.39 Å². The molecule has 0 radical (unpaired) electrons. The van der Waals surface area contributed by atoms with E-state index in [0.717, 1.165) is 17.9 Å². The van der Waals surface area contributed by atoms with Crippen molar-refractivity contribution >= 4 is 40.7 Å². The van der Waals surface area contributed by atoms with Gasteiger partial charge in [0.2, 0.25) is 5.95 Å². The molecule has 3 rings (SSSR count). The molecule has 0 bridgehead atoms. The number of unbranched alkanes of at least 4 members (excludes halogenated alkanes) is 1. The third kappa shape index (κ3) is 4.81. The van der Waals surface area contributed by atoms with Crippen molar-refractivity contribution < 1.29 is 28.2 Å². The fourth-order valence-corrected chi connectivity index (χ4v) is 4.24. The number of hydrogen-bond donors (Lipinski definition) is 1. The Balaban J connectivity index is 2.18. The normalized spacial score (nSPS) is 23.6. The molecule has 13 heteroatoms. The number of fused-ring (bicyclic) bond motifs is 1. The monoisotopic (exact) mass is 487 g/mol. The quantitative estimate of drug-likeness (QED) is 0.437. The van der Waals surface area contributed by atoms with E-state index in [1.54, 1.807) is 6.92 Å². The smallest absolute Gasteiger partial charge is 0.332 e. The number of halogens is 2. The lowest BCUT2D eigenvalue weighted by molar-refractivity contribution is -0.159. The predicted molar refractivity (Wildman–Crippen MR) is 116 cm³/mol. The van der Waals surface area contributed by atoms with E-state index < -0.39 is 48.3 Å². The highest BCUT2D eigenvalue weighted by atomic mass is 35.5. The second-order valence-corrected chi connectivity index (χ2v) is 8.13. The van der Waals surface area contributed by atoms with E-state index in [4.69, 9.17) is 31.5 Å². The molecule has 5 atom stereocenters. The van der Waals surface area contributed by atoms with Crippen LogP contribution < -0.4 is 11.4 Å². The van der Waals surface area contributed by atoms with Crippen LogP contribution in [0.25, 0.3) is 11.2 Å². The van der Waals surface area contributed by atoms with Crippen LogP contribution in [0.5, 0.6) is 0 Å². The summed E-state index contributed by atoms with van der Waals surface area (Å²) >= 11 is 6.28. The maximum atomic E-state index is 15.5. The minimum atomic E-state index is -1.89. The molecule has 33 heavy (non-hydrogen) atoms. The van der Waals surface area contributed by atoms with Crippen LogP contribution in [-0.2, 0) is 30.3 Å². The number of esters is 2. The molecule has 1 aliphatic rings. The van der Waals surface area contributed by atoms with Crippen molar-refractivity contribution in [2.45, 2.75) is 84.2 Å². The Morgan fingerprint density at radius 3 is 2.55 bits per heavy atom. The highest BCUT2D eigenvalue weighted by Gasteiger charge is 2.53. The Bertz CT molecular complexity index is 1100. The van der Waals surface area contributed by atoms with Gasteiger partial charge in [0.15, 0.2) is 29.3 Å². The zero-order chi connectivity index (χ0) is 24.4. The van der Waals surface area contributed by atoms with Crippen LogP contribution in [0.3, 0.4) is 0 Å². The summed E-state index contributed by atoms with van der Waals surface area (Å²) in [7, 11) is 0. The molecule has 2 aromatic heterocycles. The lowest BCUT2D eigenvalue weighted by Crippen LogP contribution is -2.39. The summed E-state index contributed by atoms with van der Waals surface area (Å²) in [6.07, 6.45) is -5.37. The Labute approximate surface area is 194 Å². The summed E-state index contributed by atoms with van der Waals surface area (Å²) in [5.74, 6) is -1.59. The zero-order valence-electron chi connectivity index (χ0n) is 18.8. The van der Waals surface area contributed by atoms with Gasteiger partial charge in [-0.05, 0) is 12.8 Å². The number of carbonyl (C=O) groups is 2. The molecule has 1 fully saturated rings. The SMILES string of the molecule is CCCCn1c(=O)n([C@@H]2O[C@H](C(CC)OC(C)=O)[C@H](F)[C@H]2OC(C)=O)c2nc(N)nc(Cl)c21. The first-order valence-corrected chi connectivity index (χ1v) is 11.1. The van der Waals surface area contributed by atoms with E-state index in [1.165, 1.54) is 11.5 Å². The molecule has 2 aromatic rings. The minimum absolute atomic E-state index is 0.0177. The molecule has 1 saturated heterocycles. The van der Waals surface area contributed by atoms with Gasteiger partial charge in [0.05, 0.1) is 0 Å². The van der Waals surface area contributed by atoms with Gasteiger partial charge in [0, 0.05) is 20.4 Å². The fraction of sp³-hybridized carbons (Fsp3) is 0.650. The minimum Gasteiger partial charge on any atom is -0.460 e. The number of nitrogen functional groups attached to an aromatic ring is 1. The average Bonchev–Trinajstić information content (AvgIpc) is 3.18. The molecule has 0 saturated carbocycles. The molecule has 0 aromatic carbocycles. The molecular weight excluding hydrogens is 461 g/mol. The van der Waals surface area contributed by atoms with E-state index in [9.17, 15) is 14.4 Å². The number of nitrogens with zero attached hydrogens (tertiary/aromatic N) is 4. The Morgan fingerprint density at radius 2 is 1.97 bits per heavy atom. The number of carbonyl (C=O) groups excluding carboxylic acids is 2. The van der Waals surface area contributed by atoms with Gasteiger partial charge in [-0.3, -0.25) is 14.2 Å². The molecule has 0 spiro atoms. The maximum absolute atomic E-state index is 15.5. The lowest BCUT2D eigenvalue weighted by Gasteiger charge is -2.23. The topological polar surface area (TPSA) is 141 Å². The van der Waals surface area contributed by atoms with Crippen molar-refractivity contribution in [3.63, 3.8) is 0 Å². The van der Waals surface area contributed by atoms with Crippen LogP contribution in [-0.4, -0.2) is 55.5 Å². The number of ether oxygens (including phenoxy) is 3. The molecule has 182 valence electrons. The van der Waals surface area contributed by atoms with E-state index in [-0.39, 0.29) is 28.7 Å². The number of imidazole rings is 1. The standard InChI is InChI=1S/C20H27ClFN5O6/c1-5-7-8-26-13-16(21)24-19(23)25-17(13)27(20(26)30)18-15(32-10(4)29)12(22)14(33-18)11(6-2)31-9(3)28/h11-12,14-15,18H,5-8H2,1-4H3,(H2,23,24,25)/t11?,12-,14+,15+,18+/m0/s1. The Morgan fingerprint density at radius 1 is 1.27 bits per heavy atom. The van der Waals surface area contributed by atoms with Gasteiger partial charge in [-0.25, -0.2) is 13.8 Å². The van der Waals surface area contributed by atoms with Crippen molar-refractivity contribution in [3.8, 4) is 0 Å². The summed E-state index contributed by atoms with van der Waals surface area (Å²) in [4.78, 5) is 44.8. The van der Waals surface area contributed by atoms with Gasteiger partial charge in [0.25, 0.3) is 0 Å². The first-order chi connectivity index (χ1) is 15.6. The number of aromatic nitrogens is 4. The molecule has 11 nitrogen and oxygen atoms in total. The fourth-order valence-electron chi connectivity index (χ4n) is 3.97. The van der Waals surface area contributed by atoms with Crippen LogP contribution in [0.2, 0.25) is 5.15 Å². The highest BCUT2D eigenvalue weighted by Crippen LogP contribution is 2.38. The van der Waals surface area contributed by atoms with E-state index in [1.807, 2.05) is 6.92 Å². The highest BCUT2D eigenvalue weighted by molar-refractivity contribution is 6.33. The van der Waals surface area contributed by atoms with Gasteiger partial charge >= 0.3 is 17.6 Å². The number of anilines is 1. The first kappa shape index (κ1) is 24.9.